The van der Waals surface area contributed by atoms with Gasteiger partial charge in [0.15, 0.2) is 0 Å². The maximum absolute atomic E-state index is 9.95. The van der Waals surface area contributed by atoms with Gasteiger partial charge in [-0.3, -0.25) is 0 Å². The summed E-state index contributed by atoms with van der Waals surface area (Å²) in [7, 11) is 0. The number of benzene rings is 2. The van der Waals surface area contributed by atoms with Crippen LogP contribution in [0.2, 0.25) is 0 Å². The van der Waals surface area contributed by atoms with Crippen molar-refractivity contribution < 1.29 is 5.11 Å². The number of hydrogen-bond donors (Lipinski definition) is 2. The Morgan fingerprint density at radius 1 is 1.22 bits per heavy atom. The van der Waals surface area contributed by atoms with E-state index in [1.54, 1.807) is 6.07 Å². The molecule has 0 bridgehead atoms. The fraction of sp³-hybridized carbons (Fsp3) is 0.125. The van der Waals surface area contributed by atoms with Gasteiger partial charge in [-0.2, -0.15) is 0 Å². The summed E-state index contributed by atoms with van der Waals surface area (Å²) >= 11 is 0. The number of phenolic OH excluding ortho intramolecular Hbond substituents is 1. The molecule has 2 aromatic carbocycles. The van der Waals surface area contributed by atoms with E-state index in [0.717, 1.165) is 22.0 Å². The van der Waals surface area contributed by atoms with Crippen molar-refractivity contribution in [2.24, 2.45) is 0 Å². The van der Waals surface area contributed by atoms with Crippen molar-refractivity contribution in [3.05, 3.63) is 54.1 Å². The van der Waals surface area contributed by atoms with Crippen LogP contribution in [0.25, 0.3) is 21.8 Å². The third-order valence-corrected chi connectivity index (χ3v) is 3.36. The van der Waals surface area contributed by atoms with Crippen molar-refractivity contribution in [1.82, 2.24) is 4.98 Å². The van der Waals surface area contributed by atoms with Crippen LogP contribution in [0, 0.1) is 6.92 Å². The highest BCUT2D eigenvalue weighted by molar-refractivity contribution is 6.08. The van der Waals surface area contributed by atoms with E-state index in [9.17, 15) is 5.11 Å². The molecule has 1 aromatic heterocycles. The molecular weight excluding hydrogens is 222 g/mol. The predicted molar refractivity (Wildman–Crippen MR) is 76.1 cm³/mol. The van der Waals surface area contributed by atoms with E-state index >= 15 is 0 Å². The standard InChI is InChI=1S/C16H15NO/c1-3-4-13-15(18)8-7-12-11-6-5-10(2)9-14(11)17-16(12)13/h3,5-9,17-18H,1,4H2,2H3. The van der Waals surface area contributed by atoms with Crippen LogP contribution >= 0.6 is 0 Å². The minimum absolute atomic E-state index is 0.325. The molecule has 0 saturated carbocycles. The summed E-state index contributed by atoms with van der Waals surface area (Å²) in [6.45, 7) is 5.82. The van der Waals surface area contributed by atoms with E-state index in [0.29, 0.717) is 12.2 Å². The Hall–Kier alpha value is -2.22. The Kier molecular flexibility index (Phi) is 2.37. The second-order valence-electron chi connectivity index (χ2n) is 4.65. The number of phenols is 1. The van der Waals surface area contributed by atoms with Gasteiger partial charge in [-0.05, 0) is 37.1 Å². The Morgan fingerprint density at radius 3 is 2.78 bits per heavy atom. The van der Waals surface area contributed by atoms with Crippen LogP contribution in [0.1, 0.15) is 11.1 Å². The molecule has 0 aliphatic rings. The van der Waals surface area contributed by atoms with Crippen LogP contribution in [0.15, 0.2) is 43.0 Å². The Labute approximate surface area is 106 Å². The maximum atomic E-state index is 9.95. The lowest BCUT2D eigenvalue weighted by atomic mass is 10.0. The summed E-state index contributed by atoms with van der Waals surface area (Å²) in [5.74, 6) is 0.325. The van der Waals surface area contributed by atoms with Crippen LogP contribution in [0.3, 0.4) is 0 Å². The highest BCUT2D eigenvalue weighted by atomic mass is 16.3. The van der Waals surface area contributed by atoms with Crippen molar-refractivity contribution in [1.29, 1.82) is 0 Å². The Bertz CT molecular complexity index is 752. The van der Waals surface area contributed by atoms with Crippen molar-refractivity contribution in [3.63, 3.8) is 0 Å². The summed E-state index contributed by atoms with van der Waals surface area (Å²) in [6, 6.07) is 10.1. The molecular formula is C16H15NO. The first kappa shape index (κ1) is 10.9. The van der Waals surface area contributed by atoms with E-state index < -0.39 is 0 Å². The number of allylic oxidation sites excluding steroid dienone is 1. The number of nitrogens with one attached hydrogen (secondary N) is 1. The molecule has 0 unspecified atom stereocenters. The average molecular weight is 237 g/mol. The number of aromatic nitrogens is 1. The zero-order valence-corrected chi connectivity index (χ0v) is 10.3. The topological polar surface area (TPSA) is 36.0 Å². The monoisotopic (exact) mass is 237 g/mol. The molecule has 90 valence electrons. The van der Waals surface area contributed by atoms with Crippen LogP contribution in [0.4, 0.5) is 0 Å². The number of aromatic amines is 1. The lowest BCUT2D eigenvalue weighted by Gasteiger charge is -2.03. The van der Waals surface area contributed by atoms with Gasteiger partial charge < -0.3 is 10.1 Å². The number of hydrogen-bond acceptors (Lipinski definition) is 1. The summed E-state index contributed by atoms with van der Waals surface area (Å²) in [5.41, 5.74) is 4.26. The van der Waals surface area contributed by atoms with E-state index in [1.807, 2.05) is 12.1 Å². The second-order valence-corrected chi connectivity index (χ2v) is 4.65. The van der Waals surface area contributed by atoms with E-state index in [-0.39, 0.29) is 0 Å². The first-order valence-electron chi connectivity index (χ1n) is 6.04. The van der Waals surface area contributed by atoms with Crippen molar-refractivity contribution in [2.75, 3.05) is 0 Å². The molecule has 0 saturated heterocycles. The van der Waals surface area contributed by atoms with Crippen molar-refractivity contribution >= 4 is 21.8 Å². The molecule has 2 heteroatoms. The quantitative estimate of drug-likeness (QED) is 0.648. The highest BCUT2D eigenvalue weighted by Gasteiger charge is 2.10. The maximum Gasteiger partial charge on any atom is 0.121 e. The zero-order valence-electron chi connectivity index (χ0n) is 10.3. The van der Waals surface area contributed by atoms with E-state index in [4.69, 9.17) is 0 Å². The van der Waals surface area contributed by atoms with Gasteiger partial charge in [0, 0.05) is 21.9 Å². The molecule has 0 aliphatic carbocycles. The Balaban J connectivity index is 2.44. The molecule has 2 nitrogen and oxygen atoms in total. The van der Waals surface area contributed by atoms with Gasteiger partial charge >= 0.3 is 0 Å². The first-order chi connectivity index (χ1) is 8.70. The molecule has 3 rings (SSSR count). The van der Waals surface area contributed by atoms with Gasteiger partial charge in [0.25, 0.3) is 0 Å². The summed E-state index contributed by atoms with van der Waals surface area (Å²) < 4.78 is 0. The number of rotatable bonds is 2. The fourth-order valence-electron chi connectivity index (χ4n) is 2.49. The van der Waals surface area contributed by atoms with Gasteiger partial charge in [-0.15, -0.1) is 6.58 Å². The SMILES string of the molecule is C=CCc1c(O)ccc2c1[nH]c1cc(C)ccc12. The normalized spacial score (nSPS) is 11.2. The van der Waals surface area contributed by atoms with Gasteiger partial charge in [-0.25, -0.2) is 0 Å². The van der Waals surface area contributed by atoms with Gasteiger partial charge in [0.1, 0.15) is 5.75 Å². The molecule has 0 aliphatic heterocycles. The summed E-state index contributed by atoms with van der Waals surface area (Å²) in [6.07, 6.45) is 2.47. The smallest absolute Gasteiger partial charge is 0.121 e. The molecule has 0 amide bonds. The molecule has 0 fully saturated rings. The molecule has 1 heterocycles. The number of H-pyrrole nitrogens is 1. The van der Waals surface area contributed by atoms with Crippen molar-refractivity contribution in [2.45, 2.75) is 13.3 Å². The minimum Gasteiger partial charge on any atom is -0.508 e. The van der Waals surface area contributed by atoms with Crippen LogP contribution in [0.5, 0.6) is 5.75 Å². The minimum atomic E-state index is 0.325. The second kappa shape index (κ2) is 3.91. The third-order valence-electron chi connectivity index (χ3n) is 3.36. The van der Waals surface area contributed by atoms with E-state index in [1.165, 1.54) is 10.9 Å². The zero-order chi connectivity index (χ0) is 12.7. The predicted octanol–water partition coefficient (Wildman–Crippen LogP) is 4.06. The summed E-state index contributed by atoms with van der Waals surface area (Å²) in [5, 5.41) is 12.3. The molecule has 0 atom stereocenters. The molecule has 3 aromatic rings. The lowest BCUT2D eigenvalue weighted by molar-refractivity contribution is 0.471. The van der Waals surface area contributed by atoms with Gasteiger partial charge in [0.05, 0.1) is 5.52 Å². The lowest BCUT2D eigenvalue weighted by Crippen LogP contribution is -1.84. The number of aryl methyl sites for hydroxylation is 1. The van der Waals surface area contributed by atoms with Crippen LogP contribution in [-0.4, -0.2) is 10.1 Å². The Morgan fingerprint density at radius 2 is 2.00 bits per heavy atom. The molecule has 2 N–H and O–H groups in total. The first-order valence-corrected chi connectivity index (χ1v) is 6.04. The average Bonchev–Trinajstić information content (AvgIpc) is 2.70. The van der Waals surface area contributed by atoms with Crippen LogP contribution in [-0.2, 0) is 6.42 Å². The number of aromatic hydroxyl groups is 1. The summed E-state index contributed by atoms with van der Waals surface area (Å²) in [4.78, 5) is 3.41. The molecule has 0 spiro atoms. The van der Waals surface area contributed by atoms with Gasteiger partial charge in [0.2, 0.25) is 0 Å². The van der Waals surface area contributed by atoms with E-state index in [2.05, 4.69) is 36.7 Å². The highest BCUT2D eigenvalue weighted by Crippen LogP contribution is 2.33. The third kappa shape index (κ3) is 1.50. The van der Waals surface area contributed by atoms with Crippen molar-refractivity contribution in [3.8, 4) is 5.75 Å². The molecule has 0 radical (unpaired) electrons. The molecule has 18 heavy (non-hydrogen) atoms. The number of fused-ring (bicyclic) bond motifs is 3. The van der Waals surface area contributed by atoms with Gasteiger partial charge in [-0.1, -0.05) is 18.2 Å². The van der Waals surface area contributed by atoms with Crippen LogP contribution < -0.4 is 0 Å². The fourth-order valence-corrected chi connectivity index (χ4v) is 2.49. The largest absolute Gasteiger partial charge is 0.508 e.